The van der Waals surface area contributed by atoms with E-state index in [0.717, 1.165) is 12.8 Å². The second-order valence-corrected chi connectivity index (χ2v) is 7.28. The molecule has 2 aromatic heterocycles. The fourth-order valence-corrected chi connectivity index (χ4v) is 3.09. The highest BCUT2D eigenvalue weighted by molar-refractivity contribution is 7.97. The van der Waals surface area contributed by atoms with Crippen molar-refractivity contribution in [2.75, 3.05) is 20.4 Å². The number of hydrogen-bond donors (Lipinski definition) is 0. The Balaban J connectivity index is 2.00. The summed E-state index contributed by atoms with van der Waals surface area (Å²) in [5.74, 6) is 0.805. The highest BCUT2D eigenvalue weighted by atomic mass is 32.2. The Hall–Kier alpha value is -2.48. The lowest BCUT2D eigenvalue weighted by atomic mass is 9.97. The summed E-state index contributed by atoms with van der Waals surface area (Å²) in [6.45, 7) is 0. The van der Waals surface area contributed by atoms with Gasteiger partial charge in [-0.2, -0.15) is 16.9 Å². The maximum absolute atomic E-state index is 13.1. The van der Waals surface area contributed by atoms with E-state index < -0.39 is 0 Å². The molecular weight excluding hydrogens is 350 g/mol. The molecular formula is C18H21N5O2S. The Morgan fingerprint density at radius 1 is 1.35 bits per heavy atom. The number of allylic oxidation sites excluding steroid dienone is 1. The summed E-state index contributed by atoms with van der Waals surface area (Å²) in [5.41, 5.74) is 1.34. The molecule has 0 bridgehead atoms. The molecule has 0 spiro atoms. The lowest BCUT2D eigenvalue weighted by molar-refractivity contribution is -0.116. The van der Waals surface area contributed by atoms with Crippen LogP contribution in [0.2, 0.25) is 0 Å². The molecule has 1 saturated carbocycles. The zero-order chi connectivity index (χ0) is 18.7. The molecule has 8 heteroatoms. The van der Waals surface area contributed by atoms with Crippen LogP contribution in [0.4, 0.5) is 0 Å². The van der Waals surface area contributed by atoms with Crippen molar-refractivity contribution in [1.82, 2.24) is 24.6 Å². The second kappa shape index (κ2) is 7.82. The van der Waals surface area contributed by atoms with Gasteiger partial charge in [-0.15, -0.1) is 0 Å². The monoisotopic (exact) mass is 371 g/mol. The van der Waals surface area contributed by atoms with Gasteiger partial charge in [-0.05, 0) is 31.2 Å². The average molecular weight is 371 g/mol. The van der Waals surface area contributed by atoms with Gasteiger partial charge in [-0.25, -0.2) is 14.6 Å². The molecule has 1 fully saturated rings. The largest absolute Gasteiger partial charge is 0.383 e. The number of carbonyl (C=O) groups excluding carboxylic acids is 2. The first-order chi connectivity index (χ1) is 12.5. The number of aromatic nitrogens is 4. The van der Waals surface area contributed by atoms with Gasteiger partial charge < -0.3 is 4.90 Å². The predicted octanol–water partition coefficient (Wildman–Crippen LogP) is 2.13. The van der Waals surface area contributed by atoms with Crippen LogP contribution in [0.15, 0.2) is 36.6 Å². The van der Waals surface area contributed by atoms with E-state index >= 15 is 0 Å². The van der Waals surface area contributed by atoms with Crippen molar-refractivity contribution in [2.45, 2.75) is 18.6 Å². The predicted molar refractivity (Wildman–Crippen MR) is 100 cm³/mol. The molecule has 0 radical (unpaired) electrons. The minimum atomic E-state index is -0.266. The highest BCUT2D eigenvalue weighted by Gasteiger charge is 2.35. The Labute approximate surface area is 156 Å². The van der Waals surface area contributed by atoms with E-state index in [9.17, 15) is 9.59 Å². The van der Waals surface area contributed by atoms with Crippen molar-refractivity contribution in [3.8, 4) is 5.82 Å². The van der Waals surface area contributed by atoms with Crippen molar-refractivity contribution in [1.29, 1.82) is 0 Å². The topological polar surface area (TPSA) is 81.0 Å². The third kappa shape index (κ3) is 4.01. The molecule has 0 amide bonds. The van der Waals surface area contributed by atoms with E-state index in [1.807, 2.05) is 20.4 Å². The van der Waals surface area contributed by atoms with Crippen LogP contribution in [0.1, 0.15) is 28.9 Å². The zero-order valence-electron chi connectivity index (χ0n) is 15.0. The van der Waals surface area contributed by atoms with Crippen molar-refractivity contribution in [2.24, 2.45) is 5.92 Å². The van der Waals surface area contributed by atoms with Crippen LogP contribution < -0.4 is 0 Å². The standard InChI is InChI=1S/C18H21N5O2S/c1-22(2)8-14(17(24)12-4-5-12)18(25)13-6-7-16(21-15(13)9-26-3)23-11-19-10-20-23/h6-8,10-12H,4-5,9H2,1-3H3/b14-8+. The smallest absolute Gasteiger partial charge is 0.199 e. The number of ketones is 2. The van der Waals surface area contributed by atoms with Crippen LogP contribution in [-0.4, -0.2) is 56.6 Å². The molecule has 3 rings (SSSR count). The number of nitrogens with zero attached hydrogens (tertiary/aromatic N) is 5. The van der Waals surface area contributed by atoms with Crippen LogP contribution in [0.25, 0.3) is 5.82 Å². The third-order valence-electron chi connectivity index (χ3n) is 3.98. The molecule has 0 aliphatic heterocycles. The van der Waals surface area contributed by atoms with Crippen molar-refractivity contribution in [3.05, 3.63) is 47.8 Å². The minimum absolute atomic E-state index is 0.0171. The number of carbonyl (C=O) groups is 2. The van der Waals surface area contributed by atoms with Gasteiger partial charge in [-0.1, -0.05) is 0 Å². The minimum Gasteiger partial charge on any atom is -0.383 e. The molecule has 26 heavy (non-hydrogen) atoms. The van der Waals surface area contributed by atoms with Gasteiger partial charge >= 0.3 is 0 Å². The fraction of sp³-hybridized carbons (Fsp3) is 0.389. The van der Waals surface area contributed by atoms with Crippen molar-refractivity contribution < 1.29 is 9.59 Å². The lowest BCUT2D eigenvalue weighted by Crippen LogP contribution is -2.20. The van der Waals surface area contributed by atoms with E-state index in [1.54, 1.807) is 46.0 Å². The maximum atomic E-state index is 13.1. The van der Waals surface area contributed by atoms with Gasteiger partial charge in [0.1, 0.15) is 12.7 Å². The molecule has 0 saturated heterocycles. The number of pyridine rings is 1. The maximum Gasteiger partial charge on any atom is 0.199 e. The summed E-state index contributed by atoms with van der Waals surface area (Å²) in [5, 5.41) is 4.08. The van der Waals surface area contributed by atoms with Crippen LogP contribution in [0.3, 0.4) is 0 Å². The van der Waals surface area contributed by atoms with Crippen LogP contribution >= 0.6 is 11.8 Å². The van der Waals surface area contributed by atoms with E-state index in [-0.39, 0.29) is 23.1 Å². The Morgan fingerprint density at radius 3 is 2.69 bits per heavy atom. The molecule has 2 aromatic rings. The van der Waals surface area contributed by atoms with Gasteiger partial charge in [0.15, 0.2) is 17.4 Å². The fourth-order valence-electron chi connectivity index (χ4n) is 2.60. The molecule has 1 aliphatic rings. The summed E-state index contributed by atoms with van der Waals surface area (Å²) in [6, 6.07) is 3.45. The molecule has 0 unspecified atom stereocenters. The molecule has 7 nitrogen and oxygen atoms in total. The van der Waals surface area contributed by atoms with Crippen LogP contribution in [-0.2, 0) is 10.5 Å². The zero-order valence-corrected chi connectivity index (χ0v) is 15.9. The van der Waals surface area contributed by atoms with E-state index in [4.69, 9.17) is 0 Å². The van der Waals surface area contributed by atoms with E-state index in [1.165, 1.54) is 6.33 Å². The first-order valence-electron chi connectivity index (χ1n) is 8.32. The molecule has 136 valence electrons. The summed E-state index contributed by atoms with van der Waals surface area (Å²) >= 11 is 1.57. The first kappa shape index (κ1) is 18.3. The molecule has 0 N–H and O–H groups in total. The van der Waals surface area contributed by atoms with Gasteiger partial charge in [0.05, 0.1) is 11.3 Å². The number of thioether (sulfide) groups is 1. The normalized spacial score (nSPS) is 14.3. The van der Waals surface area contributed by atoms with Gasteiger partial charge in [0.25, 0.3) is 0 Å². The van der Waals surface area contributed by atoms with E-state index in [2.05, 4.69) is 15.1 Å². The van der Waals surface area contributed by atoms with Crippen molar-refractivity contribution >= 4 is 23.3 Å². The Kier molecular flexibility index (Phi) is 5.51. The Bertz CT molecular complexity index is 841. The van der Waals surface area contributed by atoms with Crippen LogP contribution in [0.5, 0.6) is 0 Å². The van der Waals surface area contributed by atoms with Gasteiger partial charge in [0, 0.05) is 37.5 Å². The highest BCUT2D eigenvalue weighted by Crippen LogP contribution is 2.33. The molecule has 1 aliphatic carbocycles. The number of hydrogen-bond acceptors (Lipinski definition) is 7. The van der Waals surface area contributed by atoms with Crippen molar-refractivity contribution in [3.63, 3.8) is 0 Å². The number of Topliss-reactive ketones (excluding diaryl/α,β-unsaturated/α-hetero) is 2. The lowest BCUT2D eigenvalue weighted by Gasteiger charge is -2.13. The number of rotatable bonds is 8. The van der Waals surface area contributed by atoms with E-state index in [0.29, 0.717) is 22.8 Å². The third-order valence-corrected chi connectivity index (χ3v) is 4.55. The first-order valence-corrected chi connectivity index (χ1v) is 9.71. The summed E-state index contributed by atoms with van der Waals surface area (Å²) in [7, 11) is 3.62. The van der Waals surface area contributed by atoms with Crippen LogP contribution in [0, 0.1) is 5.92 Å². The van der Waals surface area contributed by atoms with Gasteiger partial charge in [0.2, 0.25) is 0 Å². The second-order valence-electron chi connectivity index (χ2n) is 6.41. The average Bonchev–Trinajstić information content (AvgIpc) is 3.33. The molecule has 0 aromatic carbocycles. The molecule has 0 atom stereocenters. The summed E-state index contributed by atoms with van der Waals surface area (Å²) < 4.78 is 1.55. The Morgan fingerprint density at radius 2 is 2.12 bits per heavy atom. The quantitative estimate of drug-likeness (QED) is 0.304. The SMILES string of the molecule is CSCc1nc(-n2cncn2)ccc1C(=O)/C(=C/N(C)C)C(=O)C1CC1. The summed E-state index contributed by atoms with van der Waals surface area (Å²) in [6.07, 6.45) is 8.28. The molecule has 2 heterocycles. The summed E-state index contributed by atoms with van der Waals surface area (Å²) in [4.78, 5) is 36.0. The van der Waals surface area contributed by atoms with Gasteiger partial charge in [-0.3, -0.25) is 9.59 Å².